The molecular formula is C23H23FN2O5S. The summed E-state index contributed by atoms with van der Waals surface area (Å²) in [4.78, 5) is 24.6. The summed E-state index contributed by atoms with van der Waals surface area (Å²) >= 11 is 0. The number of sulfonamides is 1. The lowest BCUT2D eigenvalue weighted by Crippen LogP contribution is -2.15. The van der Waals surface area contributed by atoms with Gasteiger partial charge in [-0.3, -0.25) is 9.59 Å². The van der Waals surface area contributed by atoms with E-state index in [1.807, 2.05) is 0 Å². The average Bonchev–Trinajstić information content (AvgIpc) is 3.05. The van der Waals surface area contributed by atoms with E-state index in [0.29, 0.717) is 22.5 Å². The van der Waals surface area contributed by atoms with Crippen LogP contribution in [-0.4, -0.2) is 31.3 Å². The Labute approximate surface area is 185 Å². The molecule has 1 aromatic heterocycles. The maximum absolute atomic E-state index is 13.6. The van der Waals surface area contributed by atoms with Crippen LogP contribution < -0.4 is 5.14 Å². The molecular weight excluding hydrogens is 435 g/mol. The number of halogens is 1. The Morgan fingerprint density at radius 2 is 1.72 bits per heavy atom. The van der Waals surface area contributed by atoms with Crippen molar-refractivity contribution in [3.8, 4) is 5.69 Å². The second-order valence-corrected chi connectivity index (χ2v) is 8.90. The Bertz CT molecular complexity index is 1260. The number of aryl methyl sites for hydroxylation is 2. The Kier molecular flexibility index (Phi) is 6.90. The van der Waals surface area contributed by atoms with Crippen molar-refractivity contribution >= 4 is 21.8 Å². The number of carbonyl (C=O) groups excluding carboxylic acids is 2. The zero-order valence-corrected chi connectivity index (χ0v) is 18.5. The number of esters is 1. The van der Waals surface area contributed by atoms with Crippen LogP contribution in [0.15, 0.2) is 59.5 Å². The fourth-order valence-corrected chi connectivity index (χ4v) is 3.98. The largest absolute Gasteiger partial charge is 0.457 e. The fraction of sp³-hybridized carbons (Fsp3) is 0.217. The molecule has 0 bridgehead atoms. The lowest BCUT2D eigenvalue weighted by atomic mass is 10.1. The van der Waals surface area contributed by atoms with E-state index in [9.17, 15) is 22.4 Å². The second kappa shape index (κ2) is 9.46. The van der Waals surface area contributed by atoms with E-state index in [2.05, 4.69) is 0 Å². The topological polar surface area (TPSA) is 108 Å². The number of rotatable bonds is 8. The first-order valence-corrected chi connectivity index (χ1v) is 11.4. The normalized spacial score (nSPS) is 11.4. The molecule has 1 heterocycles. The molecule has 0 radical (unpaired) electrons. The summed E-state index contributed by atoms with van der Waals surface area (Å²) in [5.41, 5.74) is 2.83. The quantitative estimate of drug-likeness (QED) is 0.412. The summed E-state index contributed by atoms with van der Waals surface area (Å²) in [5.74, 6) is -1.35. The minimum absolute atomic E-state index is 0.0118. The molecule has 2 N–H and O–H groups in total. The predicted molar refractivity (Wildman–Crippen MR) is 117 cm³/mol. The van der Waals surface area contributed by atoms with Crippen LogP contribution in [0.25, 0.3) is 5.69 Å². The van der Waals surface area contributed by atoms with E-state index >= 15 is 0 Å². The molecule has 2 aromatic carbocycles. The molecule has 0 atom stereocenters. The van der Waals surface area contributed by atoms with Gasteiger partial charge in [0.05, 0.1) is 4.90 Å². The molecule has 0 aliphatic carbocycles. The van der Waals surface area contributed by atoms with Crippen molar-refractivity contribution in [3.63, 3.8) is 0 Å². The third-order valence-electron chi connectivity index (χ3n) is 5.08. The highest BCUT2D eigenvalue weighted by molar-refractivity contribution is 7.89. The minimum atomic E-state index is -3.80. The van der Waals surface area contributed by atoms with Crippen molar-refractivity contribution in [1.29, 1.82) is 0 Å². The maximum atomic E-state index is 13.6. The smallest absolute Gasteiger partial charge is 0.306 e. The monoisotopic (exact) mass is 458 g/mol. The Morgan fingerprint density at radius 1 is 1.06 bits per heavy atom. The van der Waals surface area contributed by atoms with Gasteiger partial charge in [-0.25, -0.2) is 17.9 Å². The van der Waals surface area contributed by atoms with Crippen molar-refractivity contribution < 1.29 is 27.1 Å². The van der Waals surface area contributed by atoms with Crippen LogP contribution in [0.2, 0.25) is 0 Å². The molecule has 0 spiro atoms. The highest BCUT2D eigenvalue weighted by Gasteiger charge is 2.19. The average molecular weight is 459 g/mol. The first-order valence-electron chi connectivity index (χ1n) is 9.82. The predicted octanol–water partition coefficient (Wildman–Crippen LogP) is 3.24. The number of hydrogen-bond acceptors (Lipinski definition) is 5. The Hall–Kier alpha value is -3.30. The van der Waals surface area contributed by atoms with Gasteiger partial charge in [-0.05, 0) is 62.2 Å². The zero-order chi connectivity index (χ0) is 23.5. The molecule has 3 aromatic rings. The van der Waals surface area contributed by atoms with Crippen molar-refractivity contribution in [2.24, 2.45) is 5.14 Å². The molecule has 168 valence electrons. The molecule has 0 saturated heterocycles. The van der Waals surface area contributed by atoms with Gasteiger partial charge in [0, 0.05) is 29.1 Å². The number of Topliss-reactive ketones (excluding diaryl/α,β-unsaturated/α-hetero) is 1. The molecule has 3 rings (SSSR count). The van der Waals surface area contributed by atoms with Crippen molar-refractivity contribution in [2.45, 2.75) is 31.6 Å². The number of hydrogen-bond donors (Lipinski definition) is 1. The molecule has 32 heavy (non-hydrogen) atoms. The first kappa shape index (κ1) is 23.4. The number of nitrogens with zero attached hydrogens (tertiary/aromatic N) is 1. The van der Waals surface area contributed by atoms with E-state index < -0.39 is 22.6 Å². The van der Waals surface area contributed by atoms with Crippen LogP contribution in [-0.2, 0) is 26.0 Å². The highest BCUT2D eigenvalue weighted by Crippen LogP contribution is 2.22. The van der Waals surface area contributed by atoms with Gasteiger partial charge in [0.1, 0.15) is 5.82 Å². The second-order valence-electron chi connectivity index (χ2n) is 7.33. The molecule has 0 saturated carbocycles. The first-order chi connectivity index (χ1) is 15.1. The number of ketones is 1. The van der Waals surface area contributed by atoms with Crippen LogP contribution >= 0.6 is 0 Å². The van der Waals surface area contributed by atoms with E-state index in [4.69, 9.17) is 9.88 Å². The third kappa shape index (κ3) is 5.30. The van der Waals surface area contributed by atoms with Crippen molar-refractivity contribution in [1.82, 2.24) is 4.57 Å². The Balaban J connectivity index is 1.66. The van der Waals surface area contributed by atoms with Crippen LogP contribution in [0, 0.1) is 19.7 Å². The molecule has 0 aliphatic heterocycles. The number of primary sulfonamides is 1. The summed E-state index contributed by atoms with van der Waals surface area (Å²) in [5, 5.41) is 5.13. The van der Waals surface area contributed by atoms with Crippen LogP contribution in [0.5, 0.6) is 0 Å². The molecule has 0 aliphatic rings. The van der Waals surface area contributed by atoms with Gasteiger partial charge in [0.2, 0.25) is 15.8 Å². The highest BCUT2D eigenvalue weighted by atomic mass is 32.2. The summed E-state index contributed by atoms with van der Waals surface area (Å²) in [7, 11) is -3.80. The lowest BCUT2D eigenvalue weighted by Gasteiger charge is -2.11. The Morgan fingerprint density at radius 3 is 2.34 bits per heavy atom. The van der Waals surface area contributed by atoms with E-state index in [1.165, 1.54) is 18.2 Å². The molecule has 0 fully saturated rings. The van der Waals surface area contributed by atoms with Crippen molar-refractivity contribution in [3.05, 3.63) is 82.9 Å². The van der Waals surface area contributed by atoms with Gasteiger partial charge in [-0.1, -0.05) is 18.2 Å². The standard InChI is InChI=1S/C23H23FN2O5S/c1-15-13-20(16(2)26(15)18-8-10-19(11-9-18)32(25,29)30)22(27)14-31-23(28)12-7-17-5-3-4-6-21(17)24/h3-6,8-11,13H,7,12,14H2,1-2H3,(H2,25,29,30). The maximum Gasteiger partial charge on any atom is 0.306 e. The number of nitrogens with two attached hydrogens (primary N) is 1. The molecule has 0 amide bonds. The summed E-state index contributed by atoms with van der Waals surface area (Å²) in [6, 6.07) is 13.8. The zero-order valence-electron chi connectivity index (χ0n) is 17.7. The van der Waals surface area contributed by atoms with Crippen LogP contribution in [0.1, 0.15) is 33.7 Å². The SMILES string of the molecule is Cc1cc(C(=O)COC(=O)CCc2ccccc2F)c(C)n1-c1ccc(S(N)(=O)=O)cc1. The lowest BCUT2D eigenvalue weighted by molar-refractivity contribution is -0.142. The molecule has 9 heteroatoms. The third-order valence-corrected chi connectivity index (χ3v) is 6.00. The van der Waals surface area contributed by atoms with E-state index in [1.54, 1.807) is 54.8 Å². The number of ether oxygens (including phenoxy) is 1. The summed E-state index contributed by atoms with van der Waals surface area (Å²) in [6.07, 6.45) is 0.145. The van der Waals surface area contributed by atoms with Crippen molar-refractivity contribution in [2.75, 3.05) is 6.61 Å². The molecule has 7 nitrogen and oxygen atoms in total. The van der Waals surface area contributed by atoms with Gasteiger partial charge in [-0.2, -0.15) is 0 Å². The van der Waals surface area contributed by atoms with Crippen LogP contribution in [0.4, 0.5) is 4.39 Å². The number of benzene rings is 2. The number of aromatic nitrogens is 1. The van der Waals surface area contributed by atoms with Gasteiger partial charge >= 0.3 is 5.97 Å². The van der Waals surface area contributed by atoms with Gasteiger partial charge in [0.15, 0.2) is 6.61 Å². The fourth-order valence-electron chi connectivity index (χ4n) is 3.46. The van der Waals surface area contributed by atoms with E-state index in [0.717, 1.165) is 5.69 Å². The van der Waals surface area contributed by atoms with Gasteiger partial charge < -0.3 is 9.30 Å². The number of carbonyl (C=O) groups is 2. The van der Waals surface area contributed by atoms with Crippen LogP contribution in [0.3, 0.4) is 0 Å². The minimum Gasteiger partial charge on any atom is -0.457 e. The van der Waals surface area contributed by atoms with Gasteiger partial charge in [0.25, 0.3) is 0 Å². The van der Waals surface area contributed by atoms with Gasteiger partial charge in [-0.15, -0.1) is 0 Å². The summed E-state index contributed by atoms with van der Waals surface area (Å²) in [6.45, 7) is 3.12. The molecule has 0 unspecified atom stereocenters. The van der Waals surface area contributed by atoms with E-state index in [-0.39, 0.29) is 29.3 Å². The summed E-state index contributed by atoms with van der Waals surface area (Å²) < 4.78 is 43.4.